The van der Waals surface area contributed by atoms with Gasteiger partial charge in [0.15, 0.2) is 0 Å². The van der Waals surface area contributed by atoms with Crippen molar-refractivity contribution in [2.75, 3.05) is 19.8 Å². The van der Waals surface area contributed by atoms with E-state index in [1.807, 2.05) is 62.4 Å². The van der Waals surface area contributed by atoms with Gasteiger partial charge >= 0.3 is 0 Å². The number of rotatable bonds is 8. The molecule has 0 amide bonds. The highest BCUT2D eigenvalue weighted by Gasteiger charge is 1.97. The van der Waals surface area contributed by atoms with Crippen LogP contribution in [0.4, 0.5) is 0 Å². The van der Waals surface area contributed by atoms with Gasteiger partial charge in [0.1, 0.15) is 31.3 Å². The van der Waals surface area contributed by atoms with E-state index in [4.69, 9.17) is 14.2 Å². The van der Waals surface area contributed by atoms with Crippen molar-refractivity contribution < 1.29 is 14.2 Å². The lowest BCUT2D eigenvalue weighted by molar-refractivity contribution is 0.212. The standard InChI is InChI=1S/C18H21NO3/c1-15(2)10-12-20-16-6-8-17(9-7-16)21-13-14-22-18-5-3-4-11-19-18/h3-11H,12-14H2,1-2H3. The zero-order chi connectivity index (χ0) is 15.6. The van der Waals surface area contributed by atoms with E-state index in [1.54, 1.807) is 6.20 Å². The third-order valence-corrected chi connectivity index (χ3v) is 2.81. The van der Waals surface area contributed by atoms with Crippen molar-refractivity contribution in [1.29, 1.82) is 0 Å². The second-order valence-corrected chi connectivity index (χ2v) is 4.93. The second-order valence-electron chi connectivity index (χ2n) is 4.93. The minimum absolute atomic E-state index is 0.454. The SMILES string of the molecule is CC(C)=CCOc1ccc(OCCOc2ccccn2)cc1. The van der Waals surface area contributed by atoms with Crippen LogP contribution < -0.4 is 14.2 Å². The Hall–Kier alpha value is -2.49. The molecule has 2 rings (SSSR count). The van der Waals surface area contributed by atoms with Crippen molar-refractivity contribution in [2.45, 2.75) is 13.8 Å². The van der Waals surface area contributed by atoms with Crippen LogP contribution in [0.2, 0.25) is 0 Å². The average molecular weight is 299 g/mol. The molecule has 116 valence electrons. The predicted molar refractivity (Wildman–Crippen MR) is 86.6 cm³/mol. The Labute approximate surface area is 131 Å². The molecule has 2 aromatic rings. The van der Waals surface area contributed by atoms with E-state index >= 15 is 0 Å². The molecule has 0 aliphatic rings. The number of aromatic nitrogens is 1. The fourth-order valence-corrected chi connectivity index (χ4v) is 1.67. The fourth-order valence-electron chi connectivity index (χ4n) is 1.67. The molecule has 0 fully saturated rings. The van der Waals surface area contributed by atoms with Crippen LogP contribution in [0, 0.1) is 0 Å². The number of ether oxygens (including phenoxy) is 3. The first-order valence-electron chi connectivity index (χ1n) is 7.27. The van der Waals surface area contributed by atoms with E-state index in [2.05, 4.69) is 4.98 Å². The van der Waals surface area contributed by atoms with Gasteiger partial charge in [-0.1, -0.05) is 11.6 Å². The van der Waals surface area contributed by atoms with Crippen molar-refractivity contribution in [3.8, 4) is 17.4 Å². The molecule has 1 heterocycles. The van der Waals surface area contributed by atoms with E-state index in [9.17, 15) is 0 Å². The summed E-state index contributed by atoms with van der Waals surface area (Å²) in [5.41, 5.74) is 1.24. The van der Waals surface area contributed by atoms with Crippen molar-refractivity contribution >= 4 is 0 Å². The molecular formula is C18H21NO3. The van der Waals surface area contributed by atoms with Gasteiger partial charge in [-0.3, -0.25) is 0 Å². The minimum atomic E-state index is 0.454. The second kappa shape index (κ2) is 8.72. The van der Waals surface area contributed by atoms with Gasteiger partial charge in [-0.25, -0.2) is 4.98 Å². The maximum Gasteiger partial charge on any atom is 0.213 e. The summed E-state index contributed by atoms with van der Waals surface area (Å²) >= 11 is 0. The summed E-state index contributed by atoms with van der Waals surface area (Å²) in [5.74, 6) is 2.22. The molecule has 22 heavy (non-hydrogen) atoms. The summed E-state index contributed by atoms with van der Waals surface area (Å²) in [6.45, 7) is 5.60. The van der Waals surface area contributed by atoms with Crippen LogP contribution in [0.5, 0.6) is 17.4 Å². The van der Waals surface area contributed by atoms with Gasteiger partial charge in [-0.2, -0.15) is 0 Å². The molecule has 0 N–H and O–H groups in total. The van der Waals surface area contributed by atoms with E-state index in [0.29, 0.717) is 25.7 Å². The maximum atomic E-state index is 5.61. The highest BCUT2D eigenvalue weighted by atomic mass is 16.5. The molecule has 1 aromatic carbocycles. The Morgan fingerprint density at radius 3 is 2.23 bits per heavy atom. The van der Waals surface area contributed by atoms with Crippen LogP contribution in [0.15, 0.2) is 60.3 Å². The van der Waals surface area contributed by atoms with Gasteiger partial charge in [0.25, 0.3) is 0 Å². The summed E-state index contributed by atoms with van der Waals surface area (Å²) in [5, 5.41) is 0. The molecule has 4 nitrogen and oxygen atoms in total. The zero-order valence-electron chi connectivity index (χ0n) is 13.0. The van der Waals surface area contributed by atoms with Gasteiger partial charge in [-0.15, -0.1) is 0 Å². The molecule has 0 unspecified atom stereocenters. The highest BCUT2D eigenvalue weighted by molar-refractivity contribution is 5.31. The third kappa shape index (κ3) is 5.87. The smallest absolute Gasteiger partial charge is 0.213 e. The van der Waals surface area contributed by atoms with Gasteiger partial charge in [0.2, 0.25) is 5.88 Å². The molecule has 0 atom stereocenters. The number of pyridine rings is 1. The van der Waals surface area contributed by atoms with Gasteiger partial charge < -0.3 is 14.2 Å². The Kier molecular flexibility index (Phi) is 6.30. The van der Waals surface area contributed by atoms with Gasteiger partial charge in [0.05, 0.1) is 0 Å². The number of hydrogen-bond acceptors (Lipinski definition) is 4. The Morgan fingerprint density at radius 2 is 1.59 bits per heavy atom. The lowest BCUT2D eigenvalue weighted by Gasteiger charge is -2.08. The van der Waals surface area contributed by atoms with Crippen molar-refractivity contribution in [3.05, 3.63) is 60.3 Å². The molecule has 0 aliphatic heterocycles. The van der Waals surface area contributed by atoms with Crippen LogP contribution in [-0.2, 0) is 0 Å². The molecule has 0 spiro atoms. The Morgan fingerprint density at radius 1 is 0.909 bits per heavy atom. The zero-order valence-corrected chi connectivity index (χ0v) is 13.0. The van der Waals surface area contributed by atoms with Crippen LogP contribution in [0.3, 0.4) is 0 Å². The number of benzene rings is 1. The quantitative estimate of drug-likeness (QED) is 0.548. The molecule has 1 aromatic heterocycles. The van der Waals surface area contributed by atoms with Crippen molar-refractivity contribution in [2.24, 2.45) is 0 Å². The topological polar surface area (TPSA) is 40.6 Å². The molecule has 0 saturated carbocycles. The largest absolute Gasteiger partial charge is 0.490 e. The fraction of sp³-hybridized carbons (Fsp3) is 0.278. The normalized spacial score (nSPS) is 9.91. The number of nitrogens with zero attached hydrogens (tertiary/aromatic N) is 1. The van der Waals surface area contributed by atoms with Crippen molar-refractivity contribution in [3.63, 3.8) is 0 Å². The average Bonchev–Trinajstić information content (AvgIpc) is 2.54. The molecule has 0 radical (unpaired) electrons. The molecule has 0 aliphatic carbocycles. The third-order valence-electron chi connectivity index (χ3n) is 2.81. The molecular weight excluding hydrogens is 278 g/mol. The van der Waals surface area contributed by atoms with Crippen molar-refractivity contribution in [1.82, 2.24) is 4.98 Å². The predicted octanol–water partition coefficient (Wildman–Crippen LogP) is 3.88. The molecule has 4 heteroatoms. The van der Waals surface area contributed by atoms with E-state index in [0.717, 1.165) is 11.5 Å². The first kappa shape index (κ1) is 15.9. The lowest BCUT2D eigenvalue weighted by Crippen LogP contribution is -2.09. The number of allylic oxidation sites excluding steroid dienone is 1. The lowest BCUT2D eigenvalue weighted by atomic mass is 10.3. The highest BCUT2D eigenvalue weighted by Crippen LogP contribution is 2.17. The minimum Gasteiger partial charge on any atom is -0.490 e. The first-order valence-corrected chi connectivity index (χ1v) is 7.27. The Balaban J connectivity index is 1.69. The Bertz CT molecular complexity index is 575. The van der Waals surface area contributed by atoms with Gasteiger partial charge in [-0.05, 0) is 50.3 Å². The summed E-state index contributed by atoms with van der Waals surface area (Å²) in [6.07, 6.45) is 3.74. The van der Waals surface area contributed by atoms with Crippen LogP contribution in [0.1, 0.15) is 13.8 Å². The molecule has 0 bridgehead atoms. The van der Waals surface area contributed by atoms with Gasteiger partial charge in [0, 0.05) is 12.3 Å². The van der Waals surface area contributed by atoms with Crippen LogP contribution in [0.25, 0.3) is 0 Å². The summed E-state index contributed by atoms with van der Waals surface area (Å²) in [4.78, 5) is 4.08. The van der Waals surface area contributed by atoms with E-state index < -0.39 is 0 Å². The monoisotopic (exact) mass is 299 g/mol. The number of hydrogen-bond donors (Lipinski definition) is 0. The van der Waals surface area contributed by atoms with Crippen LogP contribution >= 0.6 is 0 Å². The summed E-state index contributed by atoms with van der Waals surface area (Å²) in [6, 6.07) is 13.1. The van der Waals surface area contributed by atoms with E-state index in [1.165, 1.54) is 5.57 Å². The maximum absolute atomic E-state index is 5.61. The van der Waals surface area contributed by atoms with Crippen LogP contribution in [-0.4, -0.2) is 24.8 Å². The molecule has 0 saturated heterocycles. The summed E-state index contributed by atoms with van der Waals surface area (Å²) in [7, 11) is 0. The van der Waals surface area contributed by atoms with E-state index in [-0.39, 0.29) is 0 Å². The summed E-state index contributed by atoms with van der Waals surface area (Å²) < 4.78 is 16.7. The first-order chi connectivity index (χ1) is 10.7.